The van der Waals surface area contributed by atoms with Crippen molar-refractivity contribution in [1.29, 1.82) is 0 Å². The minimum absolute atomic E-state index is 0.0218. The number of methoxy groups -OCH3 is 2. The summed E-state index contributed by atoms with van der Waals surface area (Å²) in [6.45, 7) is 7.71. The summed E-state index contributed by atoms with van der Waals surface area (Å²) >= 11 is 0. The summed E-state index contributed by atoms with van der Waals surface area (Å²) < 4.78 is 15.8. The third-order valence-electron chi connectivity index (χ3n) is 9.19. The molecule has 0 radical (unpaired) electrons. The number of aromatic nitrogens is 2. The molecule has 2 aromatic rings. The zero-order valence-electron chi connectivity index (χ0n) is 31.3. The smallest absolute Gasteiger partial charge is 0.407 e. The van der Waals surface area contributed by atoms with Gasteiger partial charge in [-0.3, -0.25) is 19.8 Å². The number of hydrazine groups is 1. The molecule has 1 heterocycles. The van der Waals surface area contributed by atoms with E-state index in [4.69, 9.17) is 14.2 Å². The number of H-pyrrole nitrogens is 1. The summed E-state index contributed by atoms with van der Waals surface area (Å²) in [5.74, 6) is -1.76. The minimum atomic E-state index is -0.961. The number of benzene rings is 1. The van der Waals surface area contributed by atoms with Crippen molar-refractivity contribution in [3.05, 3.63) is 54.1 Å². The highest BCUT2D eigenvalue weighted by atomic mass is 16.5. The number of aromatic amines is 1. The average Bonchev–Trinajstić information content (AvgIpc) is 3.65. The van der Waals surface area contributed by atoms with Crippen LogP contribution in [0.4, 0.5) is 9.59 Å². The Labute approximate surface area is 306 Å². The van der Waals surface area contributed by atoms with Crippen molar-refractivity contribution in [3.8, 4) is 0 Å². The second-order valence-electron chi connectivity index (χ2n) is 14.0. The lowest BCUT2D eigenvalue weighted by molar-refractivity contribution is -0.154. The van der Waals surface area contributed by atoms with Crippen molar-refractivity contribution < 1.29 is 38.2 Å². The molecule has 15 nitrogen and oxygen atoms in total. The lowest BCUT2D eigenvalue weighted by atomic mass is 9.89. The molecule has 1 aliphatic rings. The normalized spacial score (nSPS) is 15.6. The Balaban J connectivity index is 2.01. The zero-order chi connectivity index (χ0) is 38.0. The van der Waals surface area contributed by atoms with Crippen LogP contribution < -0.4 is 21.4 Å². The first-order valence-electron chi connectivity index (χ1n) is 18.2. The summed E-state index contributed by atoms with van der Waals surface area (Å²) in [4.78, 5) is 72.7. The zero-order valence-corrected chi connectivity index (χ0v) is 31.3. The SMILES string of the molecule is COC(=O)N[C@H](C(=O)N[C@@H](Cc1ccccc1)[C@H](CN(CC1CCCCC1)NC(=O)[C@@H](NC(=O)OC)C(C)C)OC(=O)CCc1c[nH]cn1)C(C)C. The van der Waals surface area contributed by atoms with Crippen LogP contribution in [-0.4, -0.2) is 96.5 Å². The maximum atomic E-state index is 13.9. The molecule has 0 aliphatic heterocycles. The first-order chi connectivity index (χ1) is 24.9. The van der Waals surface area contributed by atoms with Crippen molar-refractivity contribution in [3.63, 3.8) is 0 Å². The van der Waals surface area contributed by atoms with Crippen LogP contribution in [0.3, 0.4) is 0 Å². The van der Waals surface area contributed by atoms with E-state index in [1.165, 1.54) is 20.5 Å². The molecule has 5 N–H and O–H groups in total. The van der Waals surface area contributed by atoms with Crippen LogP contribution in [-0.2, 0) is 41.4 Å². The molecular weight excluding hydrogens is 670 g/mol. The van der Waals surface area contributed by atoms with Crippen LogP contribution >= 0.6 is 0 Å². The maximum Gasteiger partial charge on any atom is 0.407 e. The first-order valence-corrected chi connectivity index (χ1v) is 18.2. The van der Waals surface area contributed by atoms with Crippen LogP contribution in [0.2, 0.25) is 0 Å². The summed E-state index contributed by atoms with van der Waals surface area (Å²) in [5, 5.41) is 10.0. The number of nitrogens with one attached hydrogen (secondary N) is 5. The first kappa shape index (κ1) is 41.8. The van der Waals surface area contributed by atoms with Gasteiger partial charge in [0.25, 0.3) is 5.91 Å². The molecular formula is C37H57N7O8. The number of amides is 4. The van der Waals surface area contributed by atoms with Crippen molar-refractivity contribution in [2.24, 2.45) is 17.8 Å². The summed E-state index contributed by atoms with van der Waals surface area (Å²) in [5.41, 5.74) is 4.58. The van der Waals surface area contributed by atoms with Crippen molar-refractivity contribution in [1.82, 2.24) is 36.4 Å². The number of esters is 1. The van der Waals surface area contributed by atoms with E-state index in [0.717, 1.165) is 37.7 Å². The van der Waals surface area contributed by atoms with Gasteiger partial charge < -0.3 is 35.1 Å². The Morgan fingerprint density at radius 1 is 0.865 bits per heavy atom. The molecule has 4 amide bonds. The summed E-state index contributed by atoms with van der Waals surface area (Å²) in [6, 6.07) is 6.82. The quantitative estimate of drug-likeness (QED) is 0.0811. The largest absolute Gasteiger partial charge is 0.459 e. The maximum absolute atomic E-state index is 13.9. The highest BCUT2D eigenvalue weighted by Gasteiger charge is 2.35. The Bertz CT molecular complexity index is 1400. The molecule has 0 unspecified atom stereocenters. The van der Waals surface area contributed by atoms with Crippen molar-refractivity contribution in [2.75, 3.05) is 27.3 Å². The molecule has 0 saturated heterocycles. The molecule has 0 bridgehead atoms. The van der Waals surface area contributed by atoms with E-state index < -0.39 is 54.2 Å². The molecule has 1 aromatic heterocycles. The van der Waals surface area contributed by atoms with Crippen molar-refractivity contribution in [2.45, 2.75) is 103 Å². The number of hydrogen-bond acceptors (Lipinski definition) is 10. The summed E-state index contributed by atoms with van der Waals surface area (Å²) in [7, 11) is 2.46. The molecule has 1 fully saturated rings. The fourth-order valence-electron chi connectivity index (χ4n) is 6.28. The molecule has 288 valence electrons. The average molecular weight is 728 g/mol. The van der Waals surface area contributed by atoms with E-state index >= 15 is 0 Å². The Morgan fingerprint density at radius 2 is 1.48 bits per heavy atom. The number of ether oxygens (including phenoxy) is 3. The topological polar surface area (TPSA) is 193 Å². The molecule has 15 heteroatoms. The fraction of sp³-hybridized carbons (Fsp3) is 0.622. The van der Waals surface area contributed by atoms with Gasteiger partial charge in [0.15, 0.2) is 0 Å². The molecule has 3 rings (SSSR count). The van der Waals surface area contributed by atoms with Gasteiger partial charge in [-0.25, -0.2) is 19.6 Å². The fourth-order valence-corrected chi connectivity index (χ4v) is 6.28. The Kier molecular flexibility index (Phi) is 17.4. The summed E-state index contributed by atoms with van der Waals surface area (Å²) in [6.07, 6.45) is 6.63. The minimum Gasteiger partial charge on any atom is -0.459 e. The van der Waals surface area contributed by atoms with Gasteiger partial charge >= 0.3 is 18.2 Å². The number of nitrogens with zero attached hydrogens (tertiary/aromatic N) is 2. The number of carbonyl (C=O) groups excluding carboxylic acids is 5. The number of imidazole rings is 1. The van der Waals surface area contributed by atoms with Gasteiger partial charge in [-0.2, -0.15) is 0 Å². The molecule has 52 heavy (non-hydrogen) atoms. The van der Waals surface area contributed by atoms with E-state index in [-0.39, 0.29) is 37.1 Å². The molecule has 1 saturated carbocycles. The molecule has 1 aromatic carbocycles. The van der Waals surface area contributed by atoms with Crippen LogP contribution in [0.25, 0.3) is 0 Å². The van der Waals surface area contributed by atoms with Crippen molar-refractivity contribution >= 4 is 30.0 Å². The Morgan fingerprint density at radius 3 is 2.04 bits per heavy atom. The highest BCUT2D eigenvalue weighted by Crippen LogP contribution is 2.25. The number of hydrogen-bond donors (Lipinski definition) is 5. The van der Waals surface area contributed by atoms with Gasteiger partial charge in [-0.1, -0.05) is 77.3 Å². The third-order valence-corrected chi connectivity index (χ3v) is 9.19. The van der Waals surface area contributed by atoms with Gasteiger partial charge in [0, 0.05) is 19.2 Å². The van der Waals surface area contributed by atoms with Crippen LogP contribution in [0.5, 0.6) is 0 Å². The lowest BCUT2D eigenvalue weighted by Crippen LogP contribution is -2.60. The van der Waals surface area contributed by atoms with E-state index in [1.807, 2.05) is 44.2 Å². The highest BCUT2D eigenvalue weighted by molar-refractivity contribution is 5.86. The van der Waals surface area contributed by atoms with Gasteiger partial charge in [0.1, 0.15) is 18.2 Å². The standard InChI is InChI=1S/C37H57N7O8/c1-24(2)32(41-36(48)50-5)34(46)40-29(19-26-13-9-7-10-14-26)30(52-31(45)18-17-28-20-38-23-39-28)22-44(21-27-15-11-8-12-16-27)43-35(47)33(25(3)4)42-37(49)51-6/h7,9-10,13-14,20,23-25,27,29-30,32-33H,8,11-12,15-19,21-22H2,1-6H3,(H,38,39)(H,40,46)(H,41,48)(H,42,49)(H,43,47)/t29-,30-,32-,33-/m0/s1. The van der Waals surface area contributed by atoms with Gasteiger partial charge in [0.05, 0.1) is 45.2 Å². The second kappa shape index (κ2) is 21.6. The molecule has 1 aliphatic carbocycles. The number of aryl methyl sites for hydroxylation is 1. The molecule has 0 spiro atoms. The van der Waals surface area contributed by atoms with Gasteiger partial charge in [0.2, 0.25) is 5.91 Å². The monoisotopic (exact) mass is 727 g/mol. The second-order valence-corrected chi connectivity index (χ2v) is 14.0. The van der Waals surface area contributed by atoms with Crippen LogP contribution in [0.1, 0.15) is 77.5 Å². The predicted octanol–water partition coefficient (Wildman–Crippen LogP) is 3.66. The lowest BCUT2D eigenvalue weighted by Gasteiger charge is -2.36. The van der Waals surface area contributed by atoms with E-state index in [2.05, 4.69) is 31.3 Å². The van der Waals surface area contributed by atoms with Crippen LogP contribution in [0.15, 0.2) is 42.9 Å². The van der Waals surface area contributed by atoms with E-state index in [9.17, 15) is 24.0 Å². The Hall–Kier alpha value is -4.66. The predicted molar refractivity (Wildman–Crippen MR) is 193 cm³/mol. The van der Waals surface area contributed by atoms with E-state index in [0.29, 0.717) is 18.7 Å². The number of carbonyl (C=O) groups is 5. The van der Waals surface area contributed by atoms with Gasteiger partial charge in [-0.05, 0) is 42.6 Å². The van der Waals surface area contributed by atoms with Gasteiger partial charge in [-0.15, -0.1) is 0 Å². The number of rotatable bonds is 19. The third kappa shape index (κ3) is 14.2. The van der Waals surface area contributed by atoms with Crippen LogP contribution in [0, 0.1) is 17.8 Å². The van der Waals surface area contributed by atoms with E-state index in [1.54, 1.807) is 25.1 Å². The number of alkyl carbamates (subject to hydrolysis) is 2. The molecule has 4 atom stereocenters.